The van der Waals surface area contributed by atoms with E-state index in [2.05, 4.69) is 28.9 Å². The van der Waals surface area contributed by atoms with Crippen LogP contribution in [0.3, 0.4) is 0 Å². The third kappa shape index (κ3) is 5.26. The summed E-state index contributed by atoms with van der Waals surface area (Å²) in [5, 5.41) is 4.58. The van der Waals surface area contributed by atoms with Crippen molar-refractivity contribution in [2.45, 2.75) is 91.1 Å². The SMILES string of the molecule is CCCCCCCC(CC)c1nn(C(=O)OC(C)(C)C)c2nccnc12. The van der Waals surface area contributed by atoms with Gasteiger partial charge in [-0.3, -0.25) is 0 Å². The molecule has 0 fully saturated rings. The summed E-state index contributed by atoms with van der Waals surface area (Å²) in [6, 6.07) is 0. The van der Waals surface area contributed by atoms with Crippen molar-refractivity contribution in [3.63, 3.8) is 0 Å². The summed E-state index contributed by atoms with van der Waals surface area (Å²) in [5.74, 6) is 0.277. The van der Waals surface area contributed by atoms with Crippen molar-refractivity contribution in [1.82, 2.24) is 19.7 Å². The first-order valence-corrected chi connectivity index (χ1v) is 9.80. The fourth-order valence-electron chi connectivity index (χ4n) is 3.10. The second-order valence-corrected chi connectivity index (χ2v) is 7.81. The number of hydrogen-bond acceptors (Lipinski definition) is 5. The highest BCUT2D eigenvalue weighted by molar-refractivity contribution is 5.84. The van der Waals surface area contributed by atoms with Gasteiger partial charge in [0.05, 0.1) is 5.69 Å². The van der Waals surface area contributed by atoms with Crippen LogP contribution in [-0.2, 0) is 4.74 Å². The summed E-state index contributed by atoms with van der Waals surface area (Å²) in [5.41, 5.74) is 1.46. The zero-order valence-corrected chi connectivity index (χ0v) is 16.8. The van der Waals surface area contributed by atoms with Crippen LogP contribution in [0, 0.1) is 0 Å². The number of aromatic nitrogens is 4. The van der Waals surface area contributed by atoms with Crippen LogP contribution in [0.2, 0.25) is 0 Å². The summed E-state index contributed by atoms with van der Waals surface area (Å²) in [7, 11) is 0. The average Bonchev–Trinajstić information content (AvgIpc) is 2.96. The van der Waals surface area contributed by atoms with Crippen molar-refractivity contribution < 1.29 is 9.53 Å². The summed E-state index contributed by atoms with van der Waals surface area (Å²) >= 11 is 0. The largest absolute Gasteiger partial charge is 0.442 e. The monoisotopic (exact) mass is 360 g/mol. The molecule has 2 aromatic heterocycles. The highest BCUT2D eigenvalue weighted by Crippen LogP contribution is 2.29. The molecule has 144 valence electrons. The van der Waals surface area contributed by atoms with Crippen LogP contribution in [0.1, 0.15) is 91.2 Å². The maximum Gasteiger partial charge on any atom is 0.437 e. The van der Waals surface area contributed by atoms with E-state index in [0.717, 1.165) is 18.5 Å². The summed E-state index contributed by atoms with van der Waals surface area (Å²) < 4.78 is 6.74. The maximum atomic E-state index is 12.5. The smallest absolute Gasteiger partial charge is 0.437 e. The molecule has 1 atom stereocenters. The van der Waals surface area contributed by atoms with Crippen LogP contribution in [0.4, 0.5) is 4.79 Å². The fourth-order valence-corrected chi connectivity index (χ4v) is 3.10. The predicted octanol–water partition coefficient (Wildman–Crippen LogP) is 5.46. The van der Waals surface area contributed by atoms with E-state index in [0.29, 0.717) is 11.2 Å². The molecule has 0 aliphatic heterocycles. The number of nitrogens with zero attached hydrogens (tertiary/aromatic N) is 4. The van der Waals surface area contributed by atoms with Gasteiger partial charge in [-0.2, -0.15) is 5.10 Å². The van der Waals surface area contributed by atoms with Gasteiger partial charge < -0.3 is 4.74 Å². The molecule has 1 unspecified atom stereocenters. The molecule has 6 nitrogen and oxygen atoms in total. The number of unbranched alkanes of at least 4 members (excludes halogenated alkanes) is 4. The second-order valence-electron chi connectivity index (χ2n) is 7.81. The van der Waals surface area contributed by atoms with Crippen molar-refractivity contribution >= 4 is 17.3 Å². The number of rotatable bonds is 8. The standard InChI is InChI=1S/C20H32N4O2/c1-6-8-9-10-11-12-15(7-2)16-17-18(22-14-13-21-17)24(23-16)19(25)26-20(3,4)5/h13-15H,6-12H2,1-5H3. The van der Waals surface area contributed by atoms with Crippen molar-refractivity contribution in [2.75, 3.05) is 0 Å². The highest BCUT2D eigenvalue weighted by Gasteiger charge is 2.26. The molecule has 2 heterocycles. The Labute approximate surface area is 156 Å². The van der Waals surface area contributed by atoms with Crippen LogP contribution in [-0.4, -0.2) is 31.4 Å². The minimum Gasteiger partial charge on any atom is -0.442 e. The molecule has 0 spiro atoms. The molecule has 0 amide bonds. The molecule has 0 aromatic carbocycles. The van der Waals surface area contributed by atoms with Gasteiger partial charge in [0.2, 0.25) is 0 Å². The first-order valence-electron chi connectivity index (χ1n) is 9.80. The summed E-state index contributed by atoms with van der Waals surface area (Å²) in [6.45, 7) is 9.91. The minimum atomic E-state index is -0.582. The molecule has 0 bridgehead atoms. The van der Waals surface area contributed by atoms with Crippen molar-refractivity contribution in [3.8, 4) is 0 Å². The molecular formula is C20H32N4O2. The zero-order valence-electron chi connectivity index (χ0n) is 16.8. The van der Waals surface area contributed by atoms with Gasteiger partial charge in [-0.1, -0.05) is 46.0 Å². The van der Waals surface area contributed by atoms with Crippen LogP contribution in [0.15, 0.2) is 12.4 Å². The van der Waals surface area contributed by atoms with E-state index in [-0.39, 0.29) is 5.92 Å². The van der Waals surface area contributed by atoms with Gasteiger partial charge in [-0.05, 0) is 33.6 Å². The van der Waals surface area contributed by atoms with E-state index < -0.39 is 11.7 Å². The van der Waals surface area contributed by atoms with Gasteiger partial charge in [-0.25, -0.2) is 14.8 Å². The van der Waals surface area contributed by atoms with Gasteiger partial charge in [-0.15, -0.1) is 4.68 Å². The Morgan fingerprint density at radius 1 is 1.12 bits per heavy atom. The lowest BCUT2D eigenvalue weighted by atomic mass is 9.94. The first kappa shape index (κ1) is 20.3. The Morgan fingerprint density at radius 2 is 1.81 bits per heavy atom. The molecular weight excluding hydrogens is 328 g/mol. The quantitative estimate of drug-likeness (QED) is 0.584. The second kappa shape index (κ2) is 9.10. The minimum absolute atomic E-state index is 0.277. The van der Waals surface area contributed by atoms with E-state index >= 15 is 0 Å². The van der Waals surface area contributed by atoms with Gasteiger partial charge in [0.25, 0.3) is 0 Å². The molecule has 0 saturated carbocycles. The molecule has 2 aromatic rings. The van der Waals surface area contributed by atoms with Crippen molar-refractivity contribution in [1.29, 1.82) is 0 Å². The molecule has 2 rings (SSSR count). The maximum absolute atomic E-state index is 12.5. The normalized spacial score (nSPS) is 13.1. The fraction of sp³-hybridized carbons (Fsp3) is 0.700. The topological polar surface area (TPSA) is 69.9 Å². The Balaban J connectivity index is 2.24. The molecule has 0 radical (unpaired) electrons. The lowest BCUT2D eigenvalue weighted by Crippen LogP contribution is -2.28. The third-order valence-corrected chi connectivity index (χ3v) is 4.43. The average molecular weight is 361 g/mol. The van der Waals surface area contributed by atoms with E-state index in [9.17, 15) is 4.79 Å². The Bertz CT molecular complexity index is 718. The van der Waals surface area contributed by atoms with E-state index in [4.69, 9.17) is 4.74 Å². The van der Waals surface area contributed by atoms with Crippen LogP contribution in [0.5, 0.6) is 0 Å². The number of ether oxygens (including phenoxy) is 1. The molecule has 26 heavy (non-hydrogen) atoms. The van der Waals surface area contributed by atoms with Crippen molar-refractivity contribution in [2.24, 2.45) is 0 Å². The van der Waals surface area contributed by atoms with E-state index in [1.165, 1.54) is 36.8 Å². The predicted molar refractivity (Wildman–Crippen MR) is 103 cm³/mol. The Hall–Kier alpha value is -1.98. The summed E-state index contributed by atoms with van der Waals surface area (Å²) in [4.78, 5) is 21.3. The van der Waals surface area contributed by atoms with E-state index in [1.807, 2.05) is 20.8 Å². The molecule has 0 aliphatic rings. The van der Waals surface area contributed by atoms with Gasteiger partial charge >= 0.3 is 6.09 Å². The van der Waals surface area contributed by atoms with Crippen molar-refractivity contribution in [3.05, 3.63) is 18.1 Å². The lowest BCUT2D eigenvalue weighted by Gasteiger charge is -2.19. The molecule has 6 heteroatoms. The van der Waals surface area contributed by atoms with Crippen LogP contribution >= 0.6 is 0 Å². The lowest BCUT2D eigenvalue weighted by molar-refractivity contribution is 0.0520. The third-order valence-electron chi connectivity index (χ3n) is 4.43. The Morgan fingerprint density at radius 3 is 2.46 bits per heavy atom. The van der Waals surface area contributed by atoms with Crippen LogP contribution < -0.4 is 0 Å². The van der Waals surface area contributed by atoms with E-state index in [1.54, 1.807) is 12.4 Å². The highest BCUT2D eigenvalue weighted by atomic mass is 16.6. The zero-order chi connectivity index (χ0) is 19.2. The molecule has 0 aliphatic carbocycles. The van der Waals surface area contributed by atoms with Crippen LogP contribution in [0.25, 0.3) is 11.2 Å². The number of hydrogen-bond donors (Lipinski definition) is 0. The van der Waals surface area contributed by atoms with Gasteiger partial charge in [0.15, 0.2) is 5.65 Å². The first-order chi connectivity index (χ1) is 12.4. The van der Waals surface area contributed by atoms with Gasteiger partial charge in [0, 0.05) is 18.3 Å². The number of carbonyl (C=O) groups is 1. The summed E-state index contributed by atoms with van der Waals surface area (Å²) in [6.07, 6.45) is 11.0. The number of fused-ring (bicyclic) bond motifs is 1. The number of carbonyl (C=O) groups excluding carboxylic acids is 1. The van der Waals surface area contributed by atoms with Gasteiger partial charge in [0.1, 0.15) is 11.1 Å². The molecule has 0 saturated heterocycles. The Kier molecular flexibility index (Phi) is 7.12. The molecule has 0 N–H and O–H groups in total.